The van der Waals surface area contributed by atoms with Crippen molar-refractivity contribution in [3.8, 4) is 0 Å². The van der Waals surface area contributed by atoms with E-state index in [1.807, 2.05) is 0 Å². The van der Waals surface area contributed by atoms with Gasteiger partial charge < -0.3 is 0 Å². The number of likely N-dealkylation sites (tertiary alicyclic amines) is 1. The lowest BCUT2D eigenvalue weighted by molar-refractivity contribution is -0.117. The van der Waals surface area contributed by atoms with E-state index in [1.54, 1.807) is 0 Å². The Labute approximate surface area is 92.0 Å². The Hall–Kier alpha value is -0.370. The minimum atomic E-state index is 0.493. The number of Topliss-reactive ketones (excluding diaryl/α,β-unsaturated/α-hetero) is 1. The van der Waals surface area contributed by atoms with Gasteiger partial charge in [-0.15, -0.1) is 0 Å². The zero-order valence-corrected chi connectivity index (χ0v) is 9.50. The quantitative estimate of drug-likeness (QED) is 0.658. The summed E-state index contributed by atoms with van der Waals surface area (Å²) in [4.78, 5) is 13.9. The highest BCUT2D eigenvalue weighted by atomic mass is 16.1. The highest BCUT2D eigenvalue weighted by molar-refractivity contribution is 5.81. The van der Waals surface area contributed by atoms with Crippen LogP contribution in [0, 0.1) is 5.41 Å². The summed E-state index contributed by atoms with van der Waals surface area (Å²) in [6, 6.07) is 0.609. The lowest BCUT2D eigenvalue weighted by atomic mass is 9.86. The van der Waals surface area contributed by atoms with E-state index in [9.17, 15) is 4.79 Å². The van der Waals surface area contributed by atoms with Gasteiger partial charge in [-0.2, -0.15) is 0 Å². The molecule has 3 fully saturated rings. The van der Waals surface area contributed by atoms with Crippen LogP contribution >= 0.6 is 0 Å². The fourth-order valence-electron chi connectivity index (χ4n) is 3.92. The third-order valence-electron chi connectivity index (χ3n) is 4.87. The van der Waals surface area contributed by atoms with Crippen molar-refractivity contribution in [3.05, 3.63) is 0 Å². The lowest BCUT2D eigenvalue weighted by Gasteiger charge is -2.27. The number of hydrogen-bond acceptors (Lipinski definition) is 2. The third kappa shape index (κ3) is 1.73. The second-order valence-corrected chi connectivity index (χ2v) is 5.86. The van der Waals surface area contributed by atoms with Gasteiger partial charge in [-0.1, -0.05) is 12.8 Å². The van der Waals surface area contributed by atoms with E-state index in [1.165, 1.54) is 45.2 Å². The molecule has 1 spiro atoms. The first-order valence-electron chi connectivity index (χ1n) is 6.53. The van der Waals surface area contributed by atoms with Crippen LogP contribution in [0.5, 0.6) is 0 Å². The van der Waals surface area contributed by atoms with E-state index in [4.69, 9.17) is 0 Å². The molecule has 84 valence electrons. The van der Waals surface area contributed by atoms with Crippen molar-refractivity contribution in [2.24, 2.45) is 5.41 Å². The minimum absolute atomic E-state index is 0.493. The molecule has 2 nitrogen and oxygen atoms in total. The molecule has 1 atom stereocenters. The number of hydrogen-bond donors (Lipinski definition) is 0. The van der Waals surface area contributed by atoms with Gasteiger partial charge in [-0.25, -0.2) is 0 Å². The average Bonchev–Trinajstić information content (AvgIpc) is 2.90. The van der Waals surface area contributed by atoms with Crippen molar-refractivity contribution in [3.63, 3.8) is 0 Å². The van der Waals surface area contributed by atoms with Crippen molar-refractivity contribution in [2.75, 3.05) is 13.1 Å². The molecule has 3 aliphatic rings. The van der Waals surface area contributed by atoms with Gasteiger partial charge in [0.15, 0.2) is 0 Å². The van der Waals surface area contributed by atoms with Gasteiger partial charge >= 0.3 is 0 Å². The van der Waals surface area contributed by atoms with Crippen LogP contribution in [0.3, 0.4) is 0 Å². The summed E-state index contributed by atoms with van der Waals surface area (Å²) in [7, 11) is 0. The highest BCUT2D eigenvalue weighted by Gasteiger charge is 2.43. The molecule has 0 aromatic carbocycles. The Morgan fingerprint density at radius 3 is 2.67 bits per heavy atom. The SMILES string of the molecule is O=C1CCC(N2CCC3(CCCC3)C2)C1. The molecule has 0 N–H and O–H groups in total. The fraction of sp³-hybridized carbons (Fsp3) is 0.923. The van der Waals surface area contributed by atoms with Crippen LogP contribution in [-0.4, -0.2) is 29.8 Å². The second kappa shape index (κ2) is 3.58. The molecule has 0 bridgehead atoms. The minimum Gasteiger partial charge on any atom is -0.300 e. The predicted octanol–water partition coefficient (Wildman–Crippen LogP) is 2.37. The topological polar surface area (TPSA) is 20.3 Å². The Morgan fingerprint density at radius 2 is 2.00 bits per heavy atom. The maximum atomic E-state index is 11.3. The summed E-state index contributed by atoms with van der Waals surface area (Å²) in [5.41, 5.74) is 0.672. The van der Waals surface area contributed by atoms with E-state index < -0.39 is 0 Å². The molecule has 0 aromatic heterocycles. The van der Waals surface area contributed by atoms with Crippen molar-refractivity contribution in [1.82, 2.24) is 4.90 Å². The molecule has 1 unspecified atom stereocenters. The lowest BCUT2D eigenvalue weighted by Crippen LogP contribution is -2.33. The Morgan fingerprint density at radius 1 is 1.20 bits per heavy atom. The van der Waals surface area contributed by atoms with E-state index in [0.29, 0.717) is 17.2 Å². The first-order valence-corrected chi connectivity index (χ1v) is 6.53. The zero-order valence-electron chi connectivity index (χ0n) is 9.50. The molecular formula is C13H21NO. The molecule has 0 amide bonds. The van der Waals surface area contributed by atoms with E-state index in [2.05, 4.69) is 4.90 Å². The zero-order chi connectivity index (χ0) is 10.3. The van der Waals surface area contributed by atoms with Crippen LogP contribution < -0.4 is 0 Å². The Kier molecular flexibility index (Phi) is 2.35. The second-order valence-electron chi connectivity index (χ2n) is 5.86. The molecule has 2 heteroatoms. The van der Waals surface area contributed by atoms with Crippen molar-refractivity contribution in [2.45, 2.75) is 57.4 Å². The van der Waals surface area contributed by atoms with Crippen LogP contribution in [0.25, 0.3) is 0 Å². The Balaban J connectivity index is 1.63. The van der Waals surface area contributed by atoms with E-state index in [0.717, 1.165) is 19.3 Å². The smallest absolute Gasteiger partial charge is 0.134 e. The first-order chi connectivity index (χ1) is 7.27. The maximum Gasteiger partial charge on any atom is 0.134 e. The molecule has 15 heavy (non-hydrogen) atoms. The molecule has 0 aromatic rings. The Bertz CT molecular complexity index is 268. The van der Waals surface area contributed by atoms with Crippen molar-refractivity contribution >= 4 is 5.78 Å². The number of ketones is 1. The van der Waals surface area contributed by atoms with Gasteiger partial charge in [-0.05, 0) is 37.6 Å². The molecule has 2 saturated carbocycles. The van der Waals surface area contributed by atoms with Crippen LogP contribution in [0.1, 0.15) is 51.4 Å². The first kappa shape index (κ1) is 9.83. The molecule has 2 aliphatic carbocycles. The number of carbonyl (C=O) groups is 1. The van der Waals surface area contributed by atoms with Gasteiger partial charge in [0, 0.05) is 25.4 Å². The molecule has 0 radical (unpaired) electrons. The third-order valence-corrected chi connectivity index (χ3v) is 4.87. The number of carbonyl (C=O) groups excluding carboxylic acids is 1. The van der Waals surface area contributed by atoms with E-state index >= 15 is 0 Å². The molecule has 1 heterocycles. The summed E-state index contributed by atoms with van der Waals surface area (Å²) >= 11 is 0. The van der Waals surface area contributed by atoms with Crippen LogP contribution in [-0.2, 0) is 4.79 Å². The molecule has 1 aliphatic heterocycles. The van der Waals surface area contributed by atoms with Crippen molar-refractivity contribution in [1.29, 1.82) is 0 Å². The summed E-state index contributed by atoms with van der Waals surface area (Å²) in [5, 5.41) is 0. The van der Waals surface area contributed by atoms with Gasteiger partial charge in [0.05, 0.1) is 0 Å². The average molecular weight is 207 g/mol. The fourth-order valence-corrected chi connectivity index (χ4v) is 3.92. The van der Waals surface area contributed by atoms with Gasteiger partial charge in [0.1, 0.15) is 5.78 Å². The standard InChI is InChI=1S/C13H21NO/c15-12-4-3-11(9-12)14-8-7-13(10-14)5-1-2-6-13/h11H,1-10H2. The summed E-state index contributed by atoms with van der Waals surface area (Å²) in [6.07, 6.45) is 10.0. The predicted molar refractivity (Wildman–Crippen MR) is 59.7 cm³/mol. The van der Waals surface area contributed by atoms with Gasteiger partial charge in [0.25, 0.3) is 0 Å². The van der Waals surface area contributed by atoms with Crippen LogP contribution in [0.4, 0.5) is 0 Å². The summed E-state index contributed by atoms with van der Waals surface area (Å²) in [5.74, 6) is 0.493. The largest absolute Gasteiger partial charge is 0.300 e. The van der Waals surface area contributed by atoms with Crippen molar-refractivity contribution < 1.29 is 4.79 Å². The molecule has 3 rings (SSSR count). The van der Waals surface area contributed by atoms with Crippen LogP contribution in [0.2, 0.25) is 0 Å². The van der Waals surface area contributed by atoms with Gasteiger partial charge in [-0.3, -0.25) is 9.69 Å². The molecule has 1 saturated heterocycles. The van der Waals surface area contributed by atoms with E-state index in [-0.39, 0.29) is 0 Å². The normalized spacial score (nSPS) is 35.7. The number of rotatable bonds is 1. The highest BCUT2D eigenvalue weighted by Crippen LogP contribution is 2.46. The van der Waals surface area contributed by atoms with Crippen LogP contribution in [0.15, 0.2) is 0 Å². The maximum absolute atomic E-state index is 11.3. The molecular weight excluding hydrogens is 186 g/mol. The van der Waals surface area contributed by atoms with Gasteiger partial charge in [0.2, 0.25) is 0 Å². The summed E-state index contributed by atoms with van der Waals surface area (Å²) < 4.78 is 0. The monoisotopic (exact) mass is 207 g/mol. The number of nitrogens with zero attached hydrogens (tertiary/aromatic N) is 1. The summed E-state index contributed by atoms with van der Waals surface area (Å²) in [6.45, 7) is 2.56.